The number of allylic oxidation sites excluding steroid dienone is 3. The van der Waals surface area contributed by atoms with E-state index in [1.54, 1.807) is 0 Å². The number of hydrogen-bond acceptors (Lipinski definition) is 2. The molecule has 1 fully saturated rings. The van der Waals surface area contributed by atoms with Crippen LogP contribution in [0.3, 0.4) is 0 Å². The molecule has 3 nitrogen and oxygen atoms in total. The van der Waals surface area contributed by atoms with Crippen LogP contribution in [-0.4, -0.2) is 36.5 Å². The average Bonchev–Trinajstić information content (AvgIpc) is 2.55. The second-order valence-electron chi connectivity index (χ2n) is 5.91. The van der Waals surface area contributed by atoms with E-state index >= 15 is 0 Å². The van der Waals surface area contributed by atoms with Crippen molar-refractivity contribution in [3.63, 3.8) is 0 Å². The maximum Gasteiger partial charge on any atom is 0.250 e. The van der Waals surface area contributed by atoms with E-state index in [9.17, 15) is 4.79 Å². The summed E-state index contributed by atoms with van der Waals surface area (Å²) in [7, 11) is 0. The van der Waals surface area contributed by atoms with Crippen molar-refractivity contribution in [3.05, 3.63) is 36.0 Å². The highest BCUT2D eigenvalue weighted by molar-refractivity contribution is 5.96. The molecule has 23 heavy (non-hydrogen) atoms. The quantitative estimate of drug-likeness (QED) is 0.426. The lowest BCUT2D eigenvalue weighted by Gasteiger charge is -2.33. The third kappa shape index (κ3) is 9.39. The number of amides is 1. The number of rotatable bonds is 7. The maximum absolute atomic E-state index is 12.0. The molecular weight excluding hydrogens is 284 g/mol. The molecule has 0 aromatic rings. The van der Waals surface area contributed by atoms with E-state index in [4.69, 9.17) is 0 Å². The Bertz CT molecular complexity index is 410. The molecule has 1 heterocycles. The van der Waals surface area contributed by atoms with Gasteiger partial charge in [-0.3, -0.25) is 4.79 Å². The summed E-state index contributed by atoms with van der Waals surface area (Å²) < 4.78 is 0. The first-order valence-corrected chi connectivity index (χ1v) is 9.06. The van der Waals surface area contributed by atoms with E-state index in [0.29, 0.717) is 11.6 Å². The second-order valence-corrected chi connectivity index (χ2v) is 5.91. The van der Waals surface area contributed by atoms with E-state index in [1.807, 2.05) is 45.9 Å². The van der Waals surface area contributed by atoms with Crippen LogP contribution in [0.4, 0.5) is 0 Å². The number of hydrogen-bond donors (Lipinski definition) is 1. The summed E-state index contributed by atoms with van der Waals surface area (Å²) in [6.07, 6.45) is 10.5. The maximum atomic E-state index is 12.0. The van der Waals surface area contributed by atoms with Gasteiger partial charge in [0.15, 0.2) is 0 Å². The predicted molar refractivity (Wildman–Crippen MR) is 102 cm³/mol. The number of nitrogens with zero attached hydrogens (tertiary/aromatic N) is 1. The summed E-state index contributed by atoms with van der Waals surface area (Å²) in [5.74, 6) is 0.00157. The van der Waals surface area contributed by atoms with Crippen LogP contribution in [0.5, 0.6) is 0 Å². The van der Waals surface area contributed by atoms with Crippen LogP contribution in [0.15, 0.2) is 36.0 Å². The molecule has 0 aliphatic carbocycles. The zero-order valence-electron chi connectivity index (χ0n) is 15.8. The molecule has 1 saturated heterocycles. The molecule has 0 bridgehead atoms. The monoisotopic (exact) mass is 320 g/mol. The van der Waals surface area contributed by atoms with Gasteiger partial charge in [-0.15, -0.1) is 0 Å². The Morgan fingerprint density at radius 1 is 1.30 bits per heavy atom. The summed E-state index contributed by atoms with van der Waals surface area (Å²) in [6.45, 7) is 16.9. The smallest absolute Gasteiger partial charge is 0.250 e. The Morgan fingerprint density at radius 2 is 2.00 bits per heavy atom. The highest BCUT2D eigenvalue weighted by Crippen LogP contribution is 2.16. The van der Waals surface area contributed by atoms with Crippen molar-refractivity contribution in [1.82, 2.24) is 10.2 Å². The largest absolute Gasteiger partial charge is 0.352 e. The molecule has 1 atom stereocenters. The van der Waals surface area contributed by atoms with Gasteiger partial charge in [-0.05, 0) is 52.7 Å². The summed E-state index contributed by atoms with van der Waals surface area (Å²) in [4.78, 5) is 14.6. The fourth-order valence-electron chi connectivity index (χ4n) is 2.61. The Kier molecular flexibility index (Phi) is 12.4. The van der Waals surface area contributed by atoms with Crippen LogP contribution in [0.25, 0.3) is 0 Å². The molecule has 1 amide bonds. The highest BCUT2D eigenvalue weighted by atomic mass is 16.1. The molecule has 1 aliphatic heterocycles. The minimum absolute atomic E-state index is 0.00157. The average molecular weight is 321 g/mol. The Labute approximate surface area is 143 Å². The molecule has 1 unspecified atom stereocenters. The second kappa shape index (κ2) is 13.1. The standard InChI is InChI=1S/C18H30N2O.C2H6/c1-5-17(11-10-15(2)3)18(21)19-12-8-14-20-13-7-6-9-16(20)4;1-2/h5,10-11,16H,2,6-9,12-14H2,1,3-4H3,(H,19,21);1-2H3/b11-10-,17-5+;. The molecule has 1 aliphatic rings. The molecule has 1 rings (SSSR count). The van der Waals surface area contributed by atoms with Gasteiger partial charge in [-0.1, -0.05) is 44.6 Å². The van der Waals surface area contributed by atoms with E-state index in [2.05, 4.69) is 23.7 Å². The van der Waals surface area contributed by atoms with Gasteiger partial charge in [-0.25, -0.2) is 0 Å². The first-order valence-electron chi connectivity index (χ1n) is 9.06. The zero-order valence-corrected chi connectivity index (χ0v) is 15.8. The van der Waals surface area contributed by atoms with Crippen LogP contribution in [0.1, 0.15) is 60.3 Å². The van der Waals surface area contributed by atoms with Crippen LogP contribution < -0.4 is 5.32 Å². The zero-order chi connectivity index (χ0) is 17.7. The van der Waals surface area contributed by atoms with E-state index in [0.717, 1.165) is 25.1 Å². The number of carbonyl (C=O) groups is 1. The fraction of sp³-hybridized carbons (Fsp3) is 0.650. The summed E-state index contributed by atoms with van der Waals surface area (Å²) in [6, 6.07) is 0.694. The molecule has 132 valence electrons. The van der Waals surface area contributed by atoms with Crippen molar-refractivity contribution in [2.24, 2.45) is 0 Å². The van der Waals surface area contributed by atoms with Gasteiger partial charge >= 0.3 is 0 Å². The molecule has 0 radical (unpaired) electrons. The fourth-order valence-corrected chi connectivity index (χ4v) is 2.61. The van der Waals surface area contributed by atoms with E-state index in [1.165, 1.54) is 25.8 Å². The molecule has 0 aromatic heterocycles. The van der Waals surface area contributed by atoms with Crippen molar-refractivity contribution in [2.75, 3.05) is 19.6 Å². The Hall–Kier alpha value is -1.35. The molecule has 1 N–H and O–H groups in total. The van der Waals surface area contributed by atoms with Crippen molar-refractivity contribution in [1.29, 1.82) is 0 Å². The van der Waals surface area contributed by atoms with Crippen LogP contribution in [-0.2, 0) is 4.79 Å². The summed E-state index contributed by atoms with van der Waals surface area (Å²) in [5, 5.41) is 3.00. The van der Waals surface area contributed by atoms with Crippen molar-refractivity contribution in [3.8, 4) is 0 Å². The van der Waals surface area contributed by atoms with Crippen molar-refractivity contribution >= 4 is 5.91 Å². The summed E-state index contributed by atoms with van der Waals surface area (Å²) >= 11 is 0. The van der Waals surface area contributed by atoms with Gasteiger partial charge in [0.2, 0.25) is 0 Å². The Balaban J connectivity index is 0.00000232. The number of piperidine rings is 1. The third-order valence-corrected chi connectivity index (χ3v) is 3.97. The minimum Gasteiger partial charge on any atom is -0.352 e. The third-order valence-electron chi connectivity index (χ3n) is 3.97. The lowest BCUT2D eigenvalue weighted by Crippen LogP contribution is -2.39. The SMILES string of the molecule is C=C(C)/C=C\C(=C/C)C(=O)NCCCN1CCCCC1C.CC. The lowest BCUT2D eigenvalue weighted by atomic mass is 10.0. The number of carbonyl (C=O) groups excluding carboxylic acids is 1. The van der Waals surface area contributed by atoms with Crippen LogP contribution in [0.2, 0.25) is 0 Å². The highest BCUT2D eigenvalue weighted by Gasteiger charge is 2.17. The summed E-state index contributed by atoms with van der Waals surface area (Å²) in [5.41, 5.74) is 1.64. The van der Waals surface area contributed by atoms with Crippen molar-refractivity contribution in [2.45, 2.75) is 66.3 Å². The van der Waals surface area contributed by atoms with Crippen molar-refractivity contribution < 1.29 is 4.79 Å². The molecule has 0 saturated carbocycles. The van der Waals surface area contributed by atoms with Gasteiger partial charge in [0.05, 0.1) is 0 Å². The van der Waals surface area contributed by atoms with Crippen LogP contribution in [0, 0.1) is 0 Å². The molecule has 0 aromatic carbocycles. The number of nitrogens with one attached hydrogen (secondary N) is 1. The van der Waals surface area contributed by atoms with E-state index < -0.39 is 0 Å². The normalized spacial score (nSPS) is 19.2. The molecular formula is C20H36N2O. The lowest BCUT2D eigenvalue weighted by molar-refractivity contribution is -0.117. The van der Waals surface area contributed by atoms with Gasteiger partial charge in [-0.2, -0.15) is 0 Å². The van der Waals surface area contributed by atoms with Gasteiger partial charge < -0.3 is 10.2 Å². The predicted octanol–water partition coefficient (Wildman–Crippen LogP) is 4.47. The number of likely N-dealkylation sites (tertiary alicyclic amines) is 1. The topological polar surface area (TPSA) is 32.3 Å². The van der Waals surface area contributed by atoms with Gasteiger partial charge in [0.1, 0.15) is 0 Å². The van der Waals surface area contributed by atoms with Gasteiger partial charge in [0, 0.05) is 24.7 Å². The van der Waals surface area contributed by atoms with E-state index in [-0.39, 0.29) is 5.91 Å². The Morgan fingerprint density at radius 3 is 2.57 bits per heavy atom. The molecule has 3 heteroatoms. The minimum atomic E-state index is 0.00157. The first kappa shape index (κ1) is 21.6. The van der Waals surface area contributed by atoms with Gasteiger partial charge in [0.25, 0.3) is 5.91 Å². The molecule has 0 spiro atoms. The van der Waals surface area contributed by atoms with Crippen LogP contribution >= 0.6 is 0 Å². The first-order chi connectivity index (χ1) is 11.0.